The molecule has 7 heteroatoms. The van der Waals surface area contributed by atoms with Crippen LogP contribution in [-0.4, -0.2) is 44.4 Å². The molecule has 1 amide bonds. The summed E-state index contributed by atoms with van der Waals surface area (Å²) in [5.74, 6) is -0.230. The Morgan fingerprint density at radius 2 is 2.22 bits per heavy atom. The van der Waals surface area contributed by atoms with E-state index >= 15 is 0 Å². The van der Waals surface area contributed by atoms with E-state index in [4.69, 9.17) is 0 Å². The third-order valence-corrected chi connectivity index (χ3v) is 2.91. The molecule has 0 saturated carbocycles. The van der Waals surface area contributed by atoms with Crippen LogP contribution >= 0.6 is 0 Å². The number of hydrogen-bond acceptors (Lipinski definition) is 3. The molecule has 1 aliphatic heterocycles. The van der Waals surface area contributed by atoms with Crippen molar-refractivity contribution in [2.45, 2.75) is 32.0 Å². The van der Waals surface area contributed by atoms with Gasteiger partial charge < -0.3 is 15.4 Å². The number of rotatable bonds is 5. The molecule has 18 heavy (non-hydrogen) atoms. The van der Waals surface area contributed by atoms with Crippen molar-refractivity contribution >= 4 is 5.91 Å². The number of alkyl halides is 3. The molecule has 2 unspecified atom stereocenters. The van der Waals surface area contributed by atoms with Gasteiger partial charge in [-0.15, -0.1) is 0 Å². The Bertz CT molecular complexity index is 272. The molecule has 0 radical (unpaired) electrons. The minimum Gasteiger partial charge on any atom is -0.370 e. The molecule has 0 aliphatic carbocycles. The highest BCUT2D eigenvalue weighted by molar-refractivity contribution is 5.79. The monoisotopic (exact) mass is 268 g/mol. The Hall–Kier alpha value is -0.820. The van der Waals surface area contributed by atoms with E-state index in [0.29, 0.717) is 0 Å². The maximum atomic E-state index is 11.8. The smallest absolute Gasteiger partial charge is 0.370 e. The van der Waals surface area contributed by atoms with Crippen molar-refractivity contribution in [2.24, 2.45) is 5.92 Å². The van der Waals surface area contributed by atoms with Crippen LogP contribution in [0.3, 0.4) is 0 Å². The summed E-state index contributed by atoms with van der Waals surface area (Å²) < 4.78 is 39.7. The van der Waals surface area contributed by atoms with Gasteiger partial charge in [0.05, 0.1) is 12.5 Å². The third kappa shape index (κ3) is 5.68. The van der Waals surface area contributed by atoms with Gasteiger partial charge in [0, 0.05) is 12.6 Å². The van der Waals surface area contributed by atoms with Crippen LogP contribution in [0.2, 0.25) is 0 Å². The lowest BCUT2D eigenvalue weighted by atomic mass is 9.91. The van der Waals surface area contributed by atoms with Gasteiger partial charge in [0.2, 0.25) is 5.91 Å². The number of halogens is 3. The first-order valence-electron chi connectivity index (χ1n) is 6.06. The normalized spacial score (nSPS) is 24.9. The maximum absolute atomic E-state index is 11.8. The Morgan fingerprint density at radius 1 is 1.50 bits per heavy atom. The largest absolute Gasteiger partial charge is 0.411 e. The summed E-state index contributed by atoms with van der Waals surface area (Å²) in [5, 5.41) is 5.79. The molecular weight excluding hydrogens is 249 g/mol. The molecule has 0 spiro atoms. The van der Waals surface area contributed by atoms with E-state index in [-0.39, 0.29) is 31.0 Å². The van der Waals surface area contributed by atoms with E-state index in [1.807, 2.05) is 6.92 Å². The average Bonchev–Trinajstić information content (AvgIpc) is 2.27. The summed E-state index contributed by atoms with van der Waals surface area (Å²) in [6.45, 7) is 1.55. The number of amides is 1. The molecule has 0 aromatic heterocycles. The number of nitrogens with one attached hydrogen (secondary N) is 2. The van der Waals surface area contributed by atoms with Crippen molar-refractivity contribution < 1.29 is 22.7 Å². The van der Waals surface area contributed by atoms with Crippen LogP contribution in [0.4, 0.5) is 13.2 Å². The van der Waals surface area contributed by atoms with Crippen LogP contribution in [0, 0.1) is 5.92 Å². The second-order valence-corrected chi connectivity index (χ2v) is 4.45. The van der Waals surface area contributed by atoms with Gasteiger partial charge >= 0.3 is 6.18 Å². The molecule has 0 aromatic rings. The van der Waals surface area contributed by atoms with Gasteiger partial charge in [-0.3, -0.25) is 4.79 Å². The van der Waals surface area contributed by atoms with Gasteiger partial charge in [0.15, 0.2) is 0 Å². The van der Waals surface area contributed by atoms with E-state index in [0.717, 1.165) is 19.4 Å². The second-order valence-electron chi connectivity index (χ2n) is 4.45. The summed E-state index contributed by atoms with van der Waals surface area (Å²) in [5.41, 5.74) is 0. The molecule has 1 heterocycles. The van der Waals surface area contributed by atoms with Crippen molar-refractivity contribution in [3.8, 4) is 0 Å². The molecule has 0 bridgehead atoms. The van der Waals surface area contributed by atoms with Crippen molar-refractivity contribution in [3.05, 3.63) is 0 Å². The molecule has 106 valence electrons. The minimum atomic E-state index is -4.31. The zero-order valence-electron chi connectivity index (χ0n) is 10.3. The van der Waals surface area contributed by atoms with E-state index in [1.165, 1.54) is 0 Å². The lowest BCUT2D eigenvalue weighted by Gasteiger charge is -2.28. The van der Waals surface area contributed by atoms with Gasteiger partial charge in [0.1, 0.15) is 6.61 Å². The first-order chi connectivity index (χ1) is 8.40. The van der Waals surface area contributed by atoms with Crippen molar-refractivity contribution in [1.29, 1.82) is 0 Å². The van der Waals surface area contributed by atoms with Crippen molar-refractivity contribution in [2.75, 3.05) is 26.3 Å². The highest BCUT2D eigenvalue weighted by atomic mass is 19.4. The summed E-state index contributed by atoms with van der Waals surface area (Å²) in [6, 6.07) is 0.106. The van der Waals surface area contributed by atoms with E-state index in [9.17, 15) is 18.0 Å². The zero-order valence-corrected chi connectivity index (χ0v) is 10.3. The van der Waals surface area contributed by atoms with Gasteiger partial charge in [-0.2, -0.15) is 13.2 Å². The molecule has 0 aromatic carbocycles. The Balaban J connectivity index is 2.13. The SMILES string of the molecule is CC1NCCCC1C(=O)NCCOCC(F)(F)F. The first-order valence-corrected chi connectivity index (χ1v) is 6.06. The molecule has 4 nitrogen and oxygen atoms in total. The van der Waals surface area contributed by atoms with E-state index in [2.05, 4.69) is 15.4 Å². The maximum Gasteiger partial charge on any atom is 0.411 e. The predicted molar refractivity (Wildman–Crippen MR) is 60.1 cm³/mol. The lowest BCUT2D eigenvalue weighted by molar-refractivity contribution is -0.173. The molecule has 1 saturated heterocycles. The fourth-order valence-corrected chi connectivity index (χ4v) is 1.97. The fourth-order valence-electron chi connectivity index (χ4n) is 1.97. The predicted octanol–water partition coefficient (Wildman–Crippen LogP) is 1.07. The molecule has 1 rings (SSSR count). The Labute approximate surface area is 104 Å². The molecular formula is C11H19F3N2O2. The van der Waals surface area contributed by atoms with Crippen molar-refractivity contribution in [3.63, 3.8) is 0 Å². The first kappa shape index (κ1) is 15.2. The van der Waals surface area contributed by atoms with Crippen LogP contribution in [0.5, 0.6) is 0 Å². The number of carbonyl (C=O) groups is 1. The van der Waals surface area contributed by atoms with Crippen molar-refractivity contribution in [1.82, 2.24) is 10.6 Å². The topological polar surface area (TPSA) is 50.4 Å². The Kier molecular flexibility index (Phi) is 5.87. The summed E-state index contributed by atoms with van der Waals surface area (Å²) in [6.07, 6.45) is -2.57. The number of ether oxygens (including phenoxy) is 1. The van der Waals surface area contributed by atoms with Gasteiger partial charge in [-0.25, -0.2) is 0 Å². The summed E-state index contributed by atoms with van der Waals surface area (Å²) in [7, 11) is 0. The van der Waals surface area contributed by atoms with Crippen LogP contribution in [0.1, 0.15) is 19.8 Å². The fraction of sp³-hybridized carbons (Fsp3) is 0.909. The van der Waals surface area contributed by atoms with E-state index in [1.54, 1.807) is 0 Å². The second kappa shape index (κ2) is 6.94. The zero-order chi connectivity index (χ0) is 13.6. The van der Waals surface area contributed by atoms with Crippen LogP contribution < -0.4 is 10.6 Å². The summed E-state index contributed by atoms with van der Waals surface area (Å²) in [4.78, 5) is 11.7. The lowest BCUT2D eigenvalue weighted by Crippen LogP contribution is -2.47. The number of carbonyl (C=O) groups excluding carboxylic acids is 1. The van der Waals surface area contributed by atoms with Crippen LogP contribution in [0.15, 0.2) is 0 Å². The number of hydrogen-bond donors (Lipinski definition) is 2. The van der Waals surface area contributed by atoms with Gasteiger partial charge in [0.25, 0.3) is 0 Å². The van der Waals surface area contributed by atoms with E-state index < -0.39 is 12.8 Å². The summed E-state index contributed by atoms with van der Waals surface area (Å²) >= 11 is 0. The van der Waals surface area contributed by atoms with Crippen LogP contribution in [-0.2, 0) is 9.53 Å². The standard InChI is InChI=1S/C11H19F3N2O2/c1-8-9(3-2-4-15-8)10(17)16-5-6-18-7-11(12,13)14/h8-9,15H,2-7H2,1H3,(H,16,17). The minimum absolute atomic E-state index is 0.106. The van der Waals surface area contributed by atoms with Crippen LogP contribution in [0.25, 0.3) is 0 Å². The highest BCUT2D eigenvalue weighted by Crippen LogP contribution is 2.16. The molecule has 1 fully saturated rings. The Morgan fingerprint density at radius 3 is 2.83 bits per heavy atom. The number of piperidine rings is 1. The molecule has 2 N–H and O–H groups in total. The molecule has 1 aliphatic rings. The molecule has 2 atom stereocenters. The third-order valence-electron chi connectivity index (χ3n) is 2.91. The van der Waals surface area contributed by atoms with Gasteiger partial charge in [-0.05, 0) is 26.3 Å². The highest BCUT2D eigenvalue weighted by Gasteiger charge is 2.28. The average molecular weight is 268 g/mol. The van der Waals surface area contributed by atoms with Gasteiger partial charge in [-0.1, -0.05) is 0 Å². The quantitative estimate of drug-likeness (QED) is 0.733.